The quantitative estimate of drug-likeness (QED) is 0.866. The molecule has 2 aromatic rings. The van der Waals surface area contributed by atoms with Crippen LogP contribution in [0, 0.1) is 13.8 Å². The van der Waals surface area contributed by atoms with Crippen molar-refractivity contribution in [3.63, 3.8) is 0 Å². The first-order chi connectivity index (χ1) is 10.6. The zero-order valence-electron chi connectivity index (χ0n) is 13.2. The van der Waals surface area contributed by atoms with Gasteiger partial charge in [-0.05, 0) is 31.5 Å². The molecule has 0 aliphatic carbocycles. The predicted octanol–water partition coefficient (Wildman–Crippen LogP) is 3.26. The lowest BCUT2D eigenvalue weighted by molar-refractivity contribution is 0.121. The number of benzene rings is 1. The van der Waals surface area contributed by atoms with E-state index in [2.05, 4.69) is 27.1 Å². The van der Waals surface area contributed by atoms with E-state index in [0.717, 1.165) is 55.7 Å². The second-order valence-electron chi connectivity index (χ2n) is 5.98. The molecule has 118 valence electrons. The van der Waals surface area contributed by atoms with Gasteiger partial charge >= 0.3 is 0 Å². The molecule has 1 fully saturated rings. The van der Waals surface area contributed by atoms with Gasteiger partial charge in [0.25, 0.3) is 0 Å². The molecule has 1 aromatic heterocycles. The molecule has 22 heavy (non-hydrogen) atoms. The number of hydrogen-bond donors (Lipinski definition) is 0. The van der Waals surface area contributed by atoms with Gasteiger partial charge in [0.2, 0.25) is 0 Å². The summed E-state index contributed by atoms with van der Waals surface area (Å²) < 4.78 is 5.25. The Balaban J connectivity index is 1.52. The fourth-order valence-corrected chi connectivity index (χ4v) is 3.16. The molecule has 0 radical (unpaired) electrons. The number of hydrogen-bond acceptors (Lipinski definition) is 4. The van der Waals surface area contributed by atoms with E-state index in [1.165, 1.54) is 11.1 Å². The van der Waals surface area contributed by atoms with E-state index < -0.39 is 0 Å². The molecule has 0 unspecified atom stereocenters. The first-order valence-electron chi connectivity index (χ1n) is 7.73. The van der Waals surface area contributed by atoms with Crippen LogP contribution < -0.4 is 0 Å². The van der Waals surface area contributed by atoms with Crippen LogP contribution in [0.1, 0.15) is 22.6 Å². The van der Waals surface area contributed by atoms with Crippen molar-refractivity contribution in [3.05, 3.63) is 51.9 Å². The SMILES string of the molecule is Cc1noc(C)c1CN1CCN(Cc2cccc(Cl)c2)CC1. The number of nitrogens with zero attached hydrogens (tertiary/aromatic N) is 3. The second-order valence-corrected chi connectivity index (χ2v) is 6.42. The molecular weight excluding hydrogens is 298 g/mol. The molecule has 1 aromatic carbocycles. The Morgan fingerprint density at radius 2 is 1.77 bits per heavy atom. The zero-order valence-corrected chi connectivity index (χ0v) is 13.9. The smallest absolute Gasteiger partial charge is 0.138 e. The molecule has 0 saturated carbocycles. The van der Waals surface area contributed by atoms with E-state index in [9.17, 15) is 0 Å². The lowest BCUT2D eigenvalue weighted by atomic mass is 10.1. The average molecular weight is 320 g/mol. The second kappa shape index (κ2) is 6.82. The zero-order chi connectivity index (χ0) is 15.5. The van der Waals surface area contributed by atoms with Gasteiger partial charge in [-0.1, -0.05) is 28.9 Å². The third-order valence-electron chi connectivity index (χ3n) is 4.32. The highest BCUT2D eigenvalue weighted by Gasteiger charge is 2.19. The van der Waals surface area contributed by atoms with E-state index in [-0.39, 0.29) is 0 Å². The maximum absolute atomic E-state index is 6.05. The normalized spacial score (nSPS) is 17.0. The fourth-order valence-electron chi connectivity index (χ4n) is 2.95. The molecule has 0 N–H and O–H groups in total. The van der Waals surface area contributed by atoms with Gasteiger partial charge in [0.1, 0.15) is 5.76 Å². The number of piperazine rings is 1. The van der Waals surface area contributed by atoms with Gasteiger partial charge in [-0.15, -0.1) is 0 Å². The molecule has 0 atom stereocenters. The Kier molecular flexibility index (Phi) is 4.81. The van der Waals surface area contributed by atoms with E-state index in [1.54, 1.807) is 0 Å². The molecule has 1 saturated heterocycles. The Morgan fingerprint density at radius 1 is 1.09 bits per heavy atom. The fraction of sp³-hybridized carbons (Fsp3) is 0.471. The molecule has 5 heteroatoms. The third-order valence-corrected chi connectivity index (χ3v) is 4.56. The first kappa shape index (κ1) is 15.5. The first-order valence-corrected chi connectivity index (χ1v) is 8.10. The lowest BCUT2D eigenvalue weighted by Gasteiger charge is -2.34. The van der Waals surface area contributed by atoms with Crippen molar-refractivity contribution in [2.24, 2.45) is 0 Å². The van der Waals surface area contributed by atoms with Gasteiger partial charge in [-0.2, -0.15) is 0 Å². The van der Waals surface area contributed by atoms with Gasteiger partial charge in [0, 0.05) is 49.9 Å². The number of aryl methyl sites for hydroxylation is 2. The predicted molar refractivity (Wildman–Crippen MR) is 88.0 cm³/mol. The highest BCUT2D eigenvalue weighted by molar-refractivity contribution is 6.30. The topological polar surface area (TPSA) is 32.5 Å². The maximum atomic E-state index is 6.05. The Morgan fingerprint density at radius 3 is 2.36 bits per heavy atom. The molecule has 2 heterocycles. The van der Waals surface area contributed by atoms with Crippen LogP contribution in [-0.2, 0) is 13.1 Å². The Bertz CT molecular complexity index is 613. The van der Waals surface area contributed by atoms with Crippen LogP contribution in [0.15, 0.2) is 28.8 Å². The number of rotatable bonds is 4. The van der Waals surface area contributed by atoms with Crippen molar-refractivity contribution < 1.29 is 4.52 Å². The summed E-state index contributed by atoms with van der Waals surface area (Å²) in [6.45, 7) is 10.2. The summed E-state index contributed by atoms with van der Waals surface area (Å²) in [6, 6.07) is 8.14. The molecular formula is C17H22ClN3O. The van der Waals surface area contributed by atoms with E-state index in [4.69, 9.17) is 16.1 Å². The summed E-state index contributed by atoms with van der Waals surface area (Å²) in [5, 5.41) is 4.85. The molecule has 1 aliphatic rings. The van der Waals surface area contributed by atoms with Crippen molar-refractivity contribution in [3.8, 4) is 0 Å². The maximum Gasteiger partial charge on any atom is 0.138 e. The van der Waals surface area contributed by atoms with Crippen LogP contribution in [0.2, 0.25) is 5.02 Å². The Labute approximate surface area is 136 Å². The van der Waals surface area contributed by atoms with Crippen LogP contribution in [0.25, 0.3) is 0 Å². The van der Waals surface area contributed by atoms with Gasteiger partial charge in [0.15, 0.2) is 0 Å². The van der Waals surface area contributed by atoms with Gasteiger partial charge in [-0.25, -0.2) is 0 Å². The van der Waals surface area contributed by atoms with Crippen LogP contribution in [0.5, 0.6) is 0 Å². The minimum Gasteiger partial charge on any atom is -0.361 e. The van der Waals surface area contributed by atoms with Crippen LogP contribution in [-0.4, -0.2) is 41.1 Å². The standard InChI is InChI=1S/C17H22ClN3O/c1-13-17(14(2)22-19-13)12-21-8-6-20(7-9-21)11-15-4-3-5-16(18)10-15/h3-5,10H,6-9,11-12H2,1-2H3. The summed E-state index contributed by atoms with van der Waals surface area (Å²) in [5.74, 6) is 0.943. The van der Waals surface area contributed by atoms with Gasteiger partial charge in [0.05, 0.1) is 5.69 Å². The molecule has 3 rings (SSSR count). The molecule has 0 spiro atoms. The lowest BCUT2D eigenvalue weighted by Crippen LogP contribution is -2.45. The minimum atomic E-state index is 0.814. The van der Waals surface area contributed by atoms with Crippen molar-refractivity contribution >= 4 is 11.6 Å². The van der Waals surface area contributed by atoms with Gasteiger partial charge in [-0.3, -0.25) is 9.80 Å². The summed E-state index contributed by atoms with van der Waals surface area (Å²) in [7, 11) is 0. The molecule has 4 nitrogen and oxygen atoms in total. The van der Waals surface area contributed by atoms with Gasteiger partial charge < -0.3 is 4.52 Å². The average Bonchev–Trinajstić information content (AvgIpc) is 2.81. The monoisotopic (exact) mass is 319 g/mol. The summed E-state index contributed by atoms with van der Waals surface area (Å²) >= 11 is 6.05. The van der Waals surface area contributed by atoms with E-state index in [0.29, 0.717) is 0 Å². The van der Waals surface area contributed by atoms with Crippen molar-refractivity contribution in [2.45, 2.75) is 26.9 Å². The summed E-state index contributed by atoms with van der Waals surface area (Å²) in [6.07, 6.45) is 0. The minimum absolute atomic E-state index is 0.814. The summed E-state index contributed by atoms with van der Waals surface area (Å²) in [4.78, 5) is 4.95. The van der Waals surface area contributed by atoms with E-state index in [1.807, 2.05) is 26.0 Å². The number of aromatic nitrogens is 1. The van der Waals surface area contributed by atoms with Crippen molar-refractivity contribution in [1.82, 2.24) is 15.0 Å². The number of halogens is 1. The molecule has 0 bridgehead atoms. The van der Waals surface area contributed by atoms with Crippen molar-refractivity contribution in [1.29, 1.82) is 0 Å². The molecule has 1 aliphatic heterocycles. The van der Waals surface area contributed by atoms with Crippen LogP contribution in [0.3, 0.4) is 0 Å². The molecule has 0 amide bonds. The van der Waals surface area contributed by atoms with E-state index >= 15 is 0 Å². The highest BCUT2D eigenvalue weighted by Crippen LogP contribution is 2.17. The van der Waals surface area contributed by atoms with Crippen molar-refractivity contribution in [2.75, 3.05) is 26.2 Å². The largest absolute Gasteiger partial charge is 0.361 e. The Hall–Kier alpha value is -1.36. The third kappa shape index (κ3) is 3.69. The summed E-state index contributed by atoms with van der Waals surface area (Å²) in [5.41, 5.74) is 3.54. The van der Waals surface area contributed by atoms with Crippen LogP contribution in [0.4, 0.5) is 0 Å². The van der Waals surface area contributed by atoms with Crippen LogP contribution >= 0.6 is 11.6 Å². The highest BCUT2D eigenvalue weighted by atomic mass is 35.5.